The molecular formula is C8H11BrO. The zero-order chi connectivity index (χ0) is 7.78. The third-order valence-corrected chi connectivity index (χ3v) is 3.14. The van der Waals surface area contributed by atoms with Gasteiger partial charge in [0.15, 0.2) is 0 Å². The number of halogens is 1. The van der Waals surface area contributed by atoms with Crippen molar-refractivity contribution in [3.63, 3.8) is 0 Å². The average Bonchev–Trinajstić information content (AvgIpc) is 1.84. The molecule has 0 saturated heterocycles. The molecule has 0 fully saturated rings. The Labute approximate surface area is 69.6 Å². The third-order valence-electron chi connectivity index (χ3n) is 2.01. The quantitative estimate of drug-likeness (QED) is 0.600. The second-order valence-corrected chi connectivity index (χ2v) is 4.45. The van der Waals surface area contributed by atoms with Crippen molar-refractivity contribution in [1.29, 1.82) is 0 Å². The van der Waals surface area contributed by atoms with Crippen LogP contribution < -0.4 is 0 Å². The Morgan fingerprint density at radius 2 is 2.30 bits per heavy atom. The lowest BCUT2D eigenvalue weighted by Crippen LogP contribution is -2.28. The number of hydrogen-bond acceptors (Lipinski definition) is 1. The van der Waals surface area contributed by atoms with Crippen LogP contribution in [0.2, 0.25) is 0 Å². The zero-order valence-corrected chi connectivity index (χ0v) is 7.72. The van der Waals surface area contributed by atoms with Gasteiger partial charge in [-0.15, -0.1) is 0 Å². The van der Waals surface area contributed by atoms with Gasteiger partial charge in [-0.25, -0.2) is 0 Å². The van der Waals surface area contributed by atoms with Crippen molar-refractivity contribution in [3.05, 3.63) is 24.0 Å². The van der Waals surface area contributed by atoms with Gasteiger partial charge in [-0.2, -0.15) is 0 Å². The Morgan fingerprint density at radius 1 is 1.70 bits per heavy atom. The number of allylic oxidation sites excluding steroid dienone is 4. The first kappa shape index (κ1) is 7.86. The van der Waals surface area contributed by atoms with Gasteiger partial charge >= 0.3 is 0 Å². The molecule has 10 heavy (non-hydrogen) atoms. The Hall–Kier alpha value is -0.240. The molecule has 0 aromatic carbocycles. The summed E-state index contributed by atoms with van der Waals surface area (Å²) in [6, 6.07) is 0. The van der Waals surface area contributed by atoms with Crippen molar-refractivity contribution in [2.24, 2.45) is 5.92 Å². The molecule has 2 heteroatoms. The molecule has 1 aliphatic carbocycles. The third kappa shape index (κ3) is 1.12. The van der Waals surface area contributed by atoms with Gasteiger partial charge in [0, 0.05) is 0 Å². The smallest absolute Gasteiger partial charge is 0.109 e. The molecule has 0 spiro atoms. The summed E-state index contributed by atoms with van der Waals surface area (Å²) < 4.78 is -0.262. The summed E-state index contributed by atoms with van der Waals surface area (Å²) in [5.74, 6) is 0.750. The van der Waals surface area contributed by atoms with Crippen LogP contribution in [0.1, 0.15) is 13.8 Å². The van der Waals surface area contributed by atoms with Gasteiger partial charge in [-0.3, -0.25) is 0 Å². The van der Waals surface area contributed by atoms with E-state index in [1.54, 1.807) is 6.08 Å². The highest BCUT2D eigenvalue weighted by Gasteiger charge is 2.32. The van der Waals surface area contributed by atoms with Gasteiger partial charge in [-0.05, 0) is 18.9 Å². The fraction of sp³-hybridized carbons (Fsp3) is 0.500. The molecule has 2 atom stereocenters. The monoisotopic (exact) mass is 202 g/mol. The lowest BCUT2D eigenvalue weighted by Gasteiger charge is -2.28. The van der Waals surface area contributed by atoms with E-state index in [2.05, 4.69) is 28.9 Å². The van der Waals surface area contributed by atoms with Crippen molar-refractivity contribution in [2.45, 2.75) is 18.2 Å². The normalized spacial score (nSPS) is 39.5. The van der Waals surface area contributed by atoms with Gasteiger partial charge in [0.2, 0.25) is 0 Å². The summed E-state index contributed by atoms with van der Waals surface area (Å²) in [5, 5.41) is 9.37. The Balaban J connectivity index is 2.93. The molecule has 1 aliphatic rings. The molecule has 0 saturated carbocycles. The van der Waals surface area contributed by atoms with Crippen LogP contribution in [-0.2, 0) is 0 Å². The van der Waals surface area contributed by atoms with Crippen LogP contribution >= 0.6 is 15.9 Å². The molecule has 0 radical (unpaired) electrons. The van der Waals surface area contributed by atoms with Crippen LogP contribution in [0.5, 0.6) is 0 Å². The van der Waals surface area contributed by atoms with Gasteiger partial charge in [-0.1, -0.05) is 35.0 Å². The summed E-state index contributed by atoms with van der Waals surface area (Å²) in [4.78, 5) is 0. The molecular weight excluding hydrogens is 192 g/mol. The van der Waals surface area contributed by atoms with E-state index in [0.29, 0.717) is 11.7 Å². The number of aliphatic hydroxyl groups excluding tert-OH is 1. The fourth-order valence-electron chi connectivity index (χ4n) is 0.890. The van der Waals surface area contributed by atoms with E-state index < -0.39 is 0 Å². The van der Waals surface area contributed by atoms with Crippen molar-refractivity contribution in [1.82, 2.24) is 0 Å². The van der Waals surface area contributed by atoms with Gasteiger partial charge in [0.1, 0.15) is 5.76 Å². The van der Waals surface area contributed by atoms with Crippen LogP contribution in [0.3, 0.4) is 0 Å². The first-order valence-electron chi connectivity index (χ1n) is 3.32. The molecule has 56 valence electrons. The summed E-state index contributed by atoms with van der Waals surface area (Å²) in [5.41, 5.74) is 0. The van der Waals surface area contributed by atoms with Crippen molar-refractivity contribution >= 4 is 15.9 Å². The van der Waals surface area contributed by atoms with Crippen molar-refractivity contribution < 1.29 is 5.11 Å². The largest absolute Gasteiger partial charge is 0.511 e. The minimum atomic E-state index is -0.262. The van der Waals surface area contributed by atoms with E-state index >= 15 is 0 Å². The molecule has 0 bridgehead atoms. The van der Waals surface area contributed by atoms with Crippen LogP contribution in [0.4, 0.5) is 0 Å². The molecule has 0 aromatic heterocycles. The minimum Gasteiger partial charge on any atom is -0.511 e. The predicted molar refractivity (Wildman–Crippen MR) is 46.3 cm³/mol. The van der Waals surface area contributed by atoms with Gasteiger partial charge in [0.25, 0.3) is 0 Å². The zero-order valence-electron chi connectivity index (χ0n) is 6.13. The number of rotatable bonds is 0. The molecule has 2 unspecified atom stereocenters. The highest BCUT2D eigenvalue weighted by atomic mass is 79.9. The molecule has 1 rings (SSSR count). The molecule has 0 aliphatic heterocycles. The van der Waals surface area contributed by atoms with Gasteiger partial charge in [0.05, 0.1) is 4.32 Å². The number of alkyl halides is 1. The maximum atomic E-state index is 9.37. The fourth-order valence-corrected chi connectivity index (χ4v) is 1.18. The van der Waals surface area contributed by atoms with E-state index in [1.165, 1.54) is 0 Å². The van der Waals surface area contributed by atoms with E-state index in [4.69, 9.17) is 0 Å². The van der Waals surface area contributed by atoms with E-state index in [0.717, 1.165) is 0 Å². The van der Waals surface area contributed by atoms with E-state index in [9.17, 15) is 5.11 Å². The summed E-state index contributed by atoms with van der Waals surface area (Å²) in [7, 11) is 0. The van der Waals surface area contributed by atoms with Crippen molar-refractivity contribution in [3.8, 4) is 0 Å². The predicted octanol–water partition coefficient (Wildman–Crippen LogP) is 2.79. The van der Waals surface area contributed by atoms with Crippen LogP contribution in [0, 0.1) is 5.92 Å². The van der Waals surface area contributed by atoms with Gasteiger partial charge < -0.3 is 5.11 Å². The topological polar surface area (TPSA) is 20.2 Å². The van der Waals surface area contributed by atoms with E-state index in [1.807, 2.05) is 13.0 Å². The lowest BCUT2D eigenvalue weighted by molar-refractivity contribution is 0.333. The molecule has 0 heterocycles. The standard InChI is InChI=1S/C8H11BrO/c1-6-4-3-5-7(10)8(6,2)9/h3-6,10H,1-2H3. The van der Waals surface area contributed by atoms with Crippen LogP contribution in [0.25, 0.3) is 0 Å². The summed E-state index contributed by atoms with van der Waals surface area (Å²) in [6.45, 7) is 4.03. The highest BCUT2D eigenvalue weighted by molar-refractivity contribution is 9.10. The Kier molecular flexibility index (Phi) is 1.90. The number of aliphatic hydroxyl groups is 1. The molecule has 1 nitrogen and oxygen atoms in total. The summed E-state index contributed by atoms with van der Waals surface area (Å²) in [6.07, 6.45) is 5.66. The molecule has 1 N–H and O–H groups in total. The van der Waals surface area contributed by atoms with Crippen molar-refractivity contribution in [2.75, 3.05) is 0 Å². The lowest BCUT2D eigenvalue weighted by atomic mass is 9.90. The second-order valence-electron chi connectivity index (χ2n) is 2.80. The Bertz CT molecular complexity index is 191. The minimum absolute atomic E-state index is 0.262. The SMILES string of the molecule is CC1C=CC=C(O)C1(C)Br. The summed E-state index contributed by atoms with van der Waals surface area (Å²) >= 11 is 3.45. The van der Waals surface area contributed by atoms with Crippen LogP contribution in [0.15, 0.2) is 24.0 Å². The second kappa shape index (κ2) is 2.42. The maximum Gasteiger partial charge on any atom is 0.109 e. The van der Waals surface area contributed by atoms with E-state index in [-0.39, 0.29) is 4.32 Å². The molecule has 0 amide bonds. The first-order chi connectivity index (χ1) is 4.55. The highest BCUT2D eigenvalue weighted by Crippen LogP contribution is 2.36. The Morgan fingerprint density at radius 3 is 2.70 bits per heavy atom. The first-order valence-corrected chi connectivity index (χ1v) is 4.11. The average molecular weight is 203 g/mol. The molecule has 0 aromatic rings. The van der Waals surface area contributed by atoms with Crippen LogP contribution in [-0.4, -0.2) is 9.43 Å². The number of hydrogen-bond donors (Lipinski definition) is 1. The maximum absolute atomic E-state index is 9.37.